The van der Waals surface area contributed by atoms with Gasteiger partial charge in [-0.15, -0.1) is 0 Å². The highest BCUT2D eigenvalue weighted by atomic mass is 16.5. The van der Waals surface area contributed by atoms with Crippen molar-refractivity contribution in [1.29, 1.82) is 0 Å². The smallest absolute Gasteiger partial charge is 0.302 e. The Morgan fingerprint density at radius 3 is 2.12 bits per heavy atom. The summed E-state index contributed by atoms with van der Waals surface area (Å²) in [6.45, 7) is 20.9. The fourth-order valence-corrected chi connectivity index (χ4v) is 12.6. The van der Waals surface area contributed by atoms with Gasteiger partial charge in [0.25, 0.3) is 0 Å². The number of nitrogens with one attached hydrogen (secondary N) is 1. The molecule has 12 atom stereocenters. The van der Waals surface area contributed by atoms with Gasteiger partial charge in [-0.05, 0) is 163 Å². The summed E-state index contributed by atoms with van der Waals surface area (Å²) in [5, 5.41) is 26.5. The van der Waals surface area contributed by atoms with Gasteiger partial charge in [-0.3, -0.25) is 9.59 Å². The molecule has 0 bridgehead atoms. The molecule has 0 saturated heterocycles. The molecule has 0 heterocycles. The minimum atomic E-state index is -0.488. The lowest BCUT2D eigenvalue weighted by Gasteiger charge is -2.69. The van der Waals surface area contributed by atoms with E-state index in [9.17, 15) is 19.8 Å². The highest BCUT2D eigenvalue weighted by molar-refractivity contribution is 5.79. The Kier molecular flexibility index (Phi) is 15.5. The highest BCUT2D eigenvalue weighted by Crippen LogP contribution is 2.74. The van der Waals surface area contributed by atoms with E-state index >= 15 is 0 Å². The lowest BCUT2D eigenvalue weighted by Crippen LogP contribution is -2.66. The van der Waals surface area contributed by atoms with Crippen LogP contribution in [0.15, 0.2) is 0 Å². The summed E-state index contributed by atoms with van der Waals surface area (Å²) < 4.78 is 6.25. The summed E-state index contributed by atoms with van der Waals surface area (Å²) in [6, 6.07) is 0. The minimum absolute atomic E-state index is 0.0594. The molecule has 52 heavy (non-hydrogen) atoms. The second kappa shape index (κ2) is 18.6. The third kappa shape index (κ3) is 9.39. The van der Waals surface area contributed by atoms with E-state index in [0.717, 1.165) is 103 Å². The molecular formula is C43H80N4O5. The summed E-state index contributed by atoms with van der Waals surface area (Å²) in [7, 11) is 4.34. The van der Waals surface area contributed by atoms with Crippen LogP contribution in [0.25, 0.3) is 0 Å². The van der Waals surface area contributed by atoms with Crippen LogP contribution in [0.5, 0.6) is 0 Å². The maximum atomic E-state index is 14.4. The zero-order chi connectivity index (χ0) is 38.4. The molecule has 302 valence electrons. The summed E-state index contributed by atoms with van der Waals surface area (Å²) in [5.74, 6) is 0.745. The molecule has 4 saturated carbocycles. The third-order valence-electron chi connectivity index (χ3n) is 15.5. The maximum Gasteiger partial charge on any atom is 0.302 e. The Hall–Kier alpha value is -1.26. The molecule has 0 aliphatic heterocycles. The molecule has 1 amide bonds. The van der Waals surface area contributed by atoms with Crippen LogP contribution < -0.4 is 11.1 Å². The number of carbonyl (C=O) groups excluding carboxylic acids is 2. The van der Waals surface area contributed by atoms with Crippen molar-refractivity contribution in [2.45, 2.75) is 150 Å². The zero-order valence-electron chi connectivity index (χ0n) is 34.8. The minimum Gasteiger partial charge on any atom is -0.462 e. The van der Waals surface area contributed by atoms with E-state index in [4.69, 9.17) is 10.5 Å². The number of hydrogen-bond acceptors (Lipinski definition) is 8. The molecular weight excluding hydrogens is 652 g/mol. The number of unbranched alkanes of at least 4 members (excludes halogenated alkanes) is 1. The molecule has 4 fully saturated rings. The molecule has 0 aromatic heterocycles. The van der Waals surface area contributed by atoms with Crippen molar-refractivity contribution < 1.29 is 24.5 Å². The first kappa shape index (κ1) is 43.5. The zero-order valence-corrected chi connectivity index (χ0v) is 34.8. The van der Waals surface area contributed by atoms with Gasteiger partial charge in [0.1, 0.15) is 6.10 Å². The highest BCUT2D eigenvalue weighted by Gasteiger charge is 2.72. The van der Waals surface area contributed by atoms with Crippen molar-refractivity contribution in [2.24, 2.45) is 63.4 Å². The molecule has 4 rings (SSSR count). The van der Waals surface area contributed by atoms with E-state index in [-0.39, 0.29) is 69.9 Å². The number of rotatable bonds is 19. The SMILES string of the molecule is CC(=O)OC1C[C@@]2(C)C(C[C@@H](O)C3[C@@]4(C)CC[C@H](O)[C@@H](C)C4CC[C@@]32C)[C@@H]1[C@H](CCCC(C)C)C(=O)NCCCN(C)CCCCN(C)CCCN. The molecule has 0 aromatic rings. The Bertz CT molecular complexity index is 1150. The average Bonchev–Trinajstić information content (AvgIpc) is 3.34. The maximum absolute atomic E-state index is 14.4. The fourth-order valence-electron chi connectivity index (χ4n) is 12.6. The first-order valence-corrected chi connectivity index (χ1v) is 21.4. The van der Waals surface area contributed by atoms with Crippen molar-refractivity contribution in [2.75, 3.05) is 53.4 Å². The van der Waals surface area contributed by atoms with Crippen molar-refractivity contribution in [3.8, 4) is 0 Å². The van der Waals surface area contributed by atoms with Gasteiger partial charge < -0.3 is 35.8 Å². The van der Waals surface area contributed by atoms with Gasteiger partial charge in [-0.1, -0.05) is 54.4 Å². The summed E-state index contributed by atoms with van der Waals surface area (Å²) in [5.41, 5.74) is 5.24. The summed E-state index contributed by atoms with van der Waals surface area (Å²) in [6.07, 6.45) is 11.0. The van der Waals surface area contributed by atoms with Crippen LogP contribution in [0.1, 0.15) is 132 Å². The number of amides is 1. The Labute approximate surface area is 317 Å². The van der Waals surface area contributed by atoms with Gasteiger partial charge in [-0.2, -0.15) is 0 Å². The summed E-state index contributed by atoms with van der Waals surface area (Å²) >= 11 is 0. The van der Waals surface area contributed by atoms with Crippen LogP contribution >= 0.6 is 0 Å². The predicted octanol–water partition coefficient (Wildman–Crippen LogP) is 6.10. The quantitative estimate of drug-likeness (QED) is 0.0928. The lowest BCUT2D eigenvalue weighted by molar-refractivity contribution is -0.239. The Morgan fingerprint density at radius 2 is 1.50 bits per heavy atom. The summed E-state index contributed by atoms with van der Waals surface area (Å²) in [4.78, 5) is 31.8. The monoisotopic (exact) mass is 733 g/mol. The molecule has 5 N–H and O–H groups in total. The van der Waals surface area contributed by atoms with Crippen LogP contribution in [0, 0.1) is 57.7 Å². The number of aliphatic hydroxyl groups excluding tert-OH is 2. The predicted molar refractivity (Wildman–Crippen MR) is 210 cm³/mol. The molecule has 0 spiro atoms. The largest absolute Gasteiger partial charge is 0.462 e. The van der Waals surface area contributed by atoms with E-state index < -0.39 is 6.10 Å². The van der Waals surface area contributed by atoms with E-state index in [0.29, 0.717) is 24.8 Å². The van der Waals surface area contributed by atoms with E-state index in [2.05, 4.69) is 70.8 Å². The van der Waals surface area contributed by atoms with Crippen LogP contribution in [-0.2, 0) is 14.3 Å². The molecule has 9 nitrogen and oxygen atoms in total. The van der Waals surface area contributed by atoms with Crippen LogP contribution in [0.2, 0.25) is 0 Å². The van der Waals surface area contributed by atoms with Crippen molar-refractivity contribution >= 4 is 11.9 Å². The standard InChI is InChI=1S/C43H80N4O5/c1-29(2)15-12-16-32(40(51)45-22-14-26-47(9)24-11-10-23-46(8)25-13-21-44)38-34-27-36(50)39-41(5)19-18-35(49)30(3)33(41)17-20-42(39,6)43(34,7)28-37(38)52-31(4)48/h29-30,32-39,49-50H,10-28,44H2,1-9H3,(H,45,51)/t30-,32-,33?,34?,35-,36+,37?,38-,39?,41-,42-,43-/m0/s1. The molecule has 4 aliphatic carbocycles. The first-order valence-electron chi connectivity index (χ1n) is 21.4. The van der Waals surface area contributed by atoms with Crippen molar-refractivity contribution in [3.05, 3.63) is 0 Å². The number of ether oxygens (including phenoxy) is 1. The number of hydrogen-bond donors (Lipinski definition) is 4. The van der Waals surface area contributed by atoms with Gasteiger partial charge in [0, 0.05) is 25.3 Å². The molecule has 0 radical (unpaired) electrons. The number of aliphatic hydroxyl groups is 2. The average molecular weight is 733 g/mol. The number of fused-ring (bicyclic) bond motifs is 5. The van der Waals surface area contributed by atoms with Gasteiger partial charge in [0.15, 0.2) is 0 Å². The number of esters is 1. The van der Waals surface area contributed by atoms with Crippen molar-refractivity contribution in [3.63, 3.8) is 0 Å². The van der Waals surface area contributed by atoms with Crippen LogP contribution in [-0.4, -0.2) is 104 Å². The molecule has 0 aromatic carbocycles. The molecule has 4 aliphatic rings. The second-order valence-corrected chi connectivity index (χ2v) is 19.3. The van der Waals surface area contributed by atoms with E-state index in [1.807, 2.05) is 0 Å². The molecule has 9 heteroatoms. The van der Waals surface area contributed by atoms with Gasteiger partial charge in [-0.25, -0.2) is 0 Å². The number of nitrogens with two attached hydrogens (primary N) is 1. The van der Waals surface area contributed by atoms with Crippen LogP contribution in [0.3, 0.4) is 0 Å². The van der Waals surface area contributed by atoms with E-state index in [1.54, 1.807) is 0 Å². The Morgan fingerprint density at radius 1 is 0.865 bits per heavy atom. The van der Waals surface area contributed by atoms with Gasteiger partial charge >= 0.3 is 5.97 Å². The topological polar surface area (TPSA) is 128 Å². The fraction of sp³-hybridized carbons (Fsp3) is 0.953. The first-order chi connectivity index (χ1) is 24.5. The third-order valence-corrected chi connectivity index (χ3v) is 15.5. The van der Waals surface area contributed by atoms with Gasteiger partial charge in [0.05, 0.1) is 12.2 Å². The molecule has 4 unspecified atom stereocenters. The van der Waals surface area contributed by atoms with Gasteiger partial charge in [0.2, 0.25) is 5.91 Å². The van der Waals surface area contributed by atoms with Crippen molar-refractivity contribution in [1.82, 2.24) is 15.1 Å². The normalized spacial score (nSPS) is 37.8. The lowest BCUT2D eigenvalue weighted by atomic mass is 9.36. The number of nitrogens with zero attached hydrogens (tertiary/aromatic N) is 2. The Balaban J connectivity index is 1.49. The second-order valence-electron chi connectivity index (χ2n) is 19.3. The number of carbonyl (C=O) groups is 2. The van der Waals surface area contributed by atoms with E-state index in [1.165, 1.54) is 13.3 Å². The van der Waals surface area contributed by atoms with Crippen LogP contribution in [0.4, 0.5) is 0 Å².